The molecule has 2 aromatic rings. The number of rotatable bonds is 3. The van der Waals surface area contributed by atoms with E-state index in [0.717, 1.165) is 18.2 Å². The van der Waals surface area contributed by atoms with Crippen LogP contribution in [-0.4, -0.2) is 0 Å². The van der Waals surface area contributed by atoms with Crippen LogP contribution in [0.5, 0.6) is 0 Å². The van der Waals surface area contributed by atoms with Gasteiger partial charge in [0.15, 0.2) is 0 Å². The lowest BCUT2D eigenvalue weighted by Crippen LogP contribution is -2.02. The molecule has 0 amide bonds. The molecule has 94 valence electrons. The summed E-state index contributed by atoms with van der Waals surface area (Å²) in [6.45, 7) is 0.205. The predicted octanol–water partition coefficient (Wildman–Crippen LogP) is 4.48. The normalized spacial score (nSPS) is 10.4. The fourth-order valence-electron chi connectivity index (χ4n) is 1.54. The standard InChI is InChI=1S/C13H9BrF3N/c14-9-3-8(4-11(16)5-9)7-18-13-6-10(15)1-2-12(13)17/h1-6,18H,7H2. The van der Waals surface area contributed by atoms with Crippen molar-refractivity contribution in [3.8, 4) is 0 Å². The summed E-state index contributed by atoms with van der Waals surface area (Å²) in [6, 6.07) is 7.50. The topological polar surface area (TPSA) is 12.0 Å². The summed E-state index contributed by atoms with van der Waals surface area (Å²) in [7, 11) is 0. The molecule has 0 bridgehead atoms. The van der Waals surface area contributed by atoms with Crippen LogP contribution in [0.2, 0.25) is 0 Å². The molecule has 0 heterocycles. The Morgan fingerprint density at radius 2 is 1.72 bits per heavy atom. The Labute approximate surface area is 111 Å². The molecule has 2 aromatic carbocycles. The van der Waals surface area contributed by atoms with Gasteiger partial charge in [0.2, 0.25) is 0 Å². The summed E-state index contributed by atoms with van der Waals surface area (Å²) in [5.41, 5.74) is 0.681. The van der Waals surface area contributed by atoms with Gasteiger partial charge < -0.3 is 5.32 Å². The van der Waals surface area contributed by atoms with Crippen molar-refractivity contribution in [3.05, 3.63) is 63.9 Å². The van der Waals surface area contributed by atoms with Crippen LogP contribution in [0.1, 0.15) is 5.56 Å². The van der Waals surface area contributed by atoms with Crippen LogP contribution in [0.4, 0.5) is 18.9 Å². The summed E-state index contributed by atoms with van der Waals surface area (Å²) in [6.07, 6.45) is 0. The van der Waals surface area contributed by atoms with Gasteiger partial charge in [-0.15, -0.1) is 0 Å². The van der Waals surface area contributed by atoms with Gasteiger partial charge in [-0.3, -0.25) is 0 Å². The summed E-state index contributed by atoms with van der Waals surface area (Å²) < 4.78 is 39.9. The van der Waals surface area contributed by atoms with E-state index >= 15 is 0 Å². The summed E-state index contributed by atoms with van der Waals surface area (Å²) >= 11 is 3.16. The maximum atomic E-state index is 13.3. The van der Waals surface area contributed by atoms with E-state index < -0.39 is 11.6 Å². The van der Waals surface area contributed by atoms with Gasteiger partial charge in [-0.05, 0) is 42.0 Å². The highest BCUT2D eigenvalue weighted by molar-refractivity contribution is 9.10. The Kier molecular flexibility index (Phi) is 3.91. The van der Waals surface area contributed by atoms with Crippen LogP contribution in [0.3, 0.4) is 0 Å². The van der Waals surface area contributed by atoms with Crippen LogP contribution in [0, 0.1) is 17.5 Å². The first-order valence-electron chi connectivity index (χ1n) is 5.18. The van der Waals surface area contributed by atoms with Crippen LogP contribution < -0.4 is 5.32 Å². The predicted molar refractivity (Wildman–Crippen MR) is 67.8 cm³/mol. The Morgan fingerprint density at radius 3 is 2.44 bits per heavy atom. The largest absolute Gasteiger partial charge is 0.379 e. The zero-order valence-electron chi connectivity index (χ0n) is 9.18. The zero-order valence-corrected chi connectivity index (χ0v) is 10.8. The average molecular weight is 316 g/mol. The number of hydrogen-bond donors (Lipinski definition) is 1. The fourth-order valence-corrected chi connectivity index (χ4v) is 2.06. The lowest BCUT2D eigenvalue weighted by molar-refractivity contribution is 0.602. The molecule has 5 heteroatoms. The quantitative estimate of drug-likeness (QED) is 0.880. The van der Waals surface area contributed by atoms with Gasteiger partial charge in [0.25, 0.3) is 0 Å². The van der Waals surface area contributed by atoms with Crippen molar-refractivity contribution in [2.45, 2.75) is 6.54 Å². The Bertz CT molecular complexity index is 552. The Hall–Kier alpha value is -1.49. The second-order valence-corrected chi connectivity index (χ2v) is 4.67. The molecule has 2 rings (SSSR count). The minimum absolute atomic E-state index is 0.0513. The molecule has 0 spiro atoms. The van der Waals surface area contributed by atoms with Gasteiger partial charge in [0, 0.05) is 11.0 Å². The van der Waals surface area contributed by atoms with E-state index in [0.29, 0.717) is 10.0 Å². The lowest BCUT2D eigenvalue weighted by Gasteiger charge is -2.08. The van der Waals surface area contributed by atoms with Crippen molar-refractivity contribution in [1.29, 1.82) is 0 Å². The Morgan fingerprint density at radius 1 is 0.944 bits per heavy atom. The molecule has 1 nitrogen and oxygen atoms in total. The monoisotopic (exact) mass is 315 g/mol. The maximum Gasteiger partial charge on any atom is 0.146 e. The van der Waals surface area contributed by atoms with Gasteiger partial charge in [-0.25, -0.2) is 13.2 Å². The number of anilines is 1. The molecule has 0 aliphatic carbocycles. The molecule has 1 N–H and O–H groups in total. The highest BCUT2D eigenvalue weighted by atomic mass is 79.9. The van der Waals surface area contributed by atoms with E-state index in [1.807, 2.05) is 0 Å². The van der Waals surface area contributed by atoms with Gasteiger partial charge in [-0.2, -0.15) is 0 Å². The highest BCUT2D eigenvalue weighted by Crippen LogP contribution is 2.19. The maximum absolute atomic E-state index is 13.3. The van der Waals surface area contributed by atoms with E-state index in [1.54, 1.807) is 6.07 Å². The number of nitrogens with one attached hydrogen (secondary N) is 1. The number of hydrogen-bond acceptors (Lipinski definition) is 1. The van der Waals surface area contributed by atoms with Crippen molar-refractivity contribution in [2.75, 3.05) is 5.32 Å². The molecule has 0 saturated carbocycles. The van der Waals surface area contributed by atoms with Crippen LogP contribution in [0.25, 0.3) is 0 Å². The van der Waals surface area contributed by atoms with Crippen LogP contribution >= 0.6 is 15.9 Å². The summed E-state index contributed by atoms with van der Waals surface area (Å²) in [5.74, 6) is -1.47. The number of halogens is 4. The molecule has 0 radical (unpaired) electrons. The summed E-state index contributed by atoms with van der Waals surface area (Å²) in [4.78, 5) is 0. The van der Waals surface area contributed by atoms with Crippen LogP contribution in [0.15, 0.2) is 40.9 Å². The molecular weight excluding hydrogens is 307 g/mol. The summed E-state index contributed by atoms with van der Waals surface area (Å²) in [5, 5.41) is 2.72. The van der Waals surface area contributed by atoms with Crippen molar-refractivity contribution in [1.82, 2.24) is 0 Å². The minimum atomic E-state index is -0.549. The SMILES string of the molecule is Fc1cc(Br)cc(CNc2cc(F)ccc2F)c1. The molecule has 0 aromatic heterocycles. The first-order chi connectivity index (χ1) is 8.54. The van der Waals surface area contributed by atoms with Gasteiger partial charge in [0.1, 0.15) is 17.5 Å². The third-order valence-corrected chi connectivity index (χ3v) is 2.79. The lowest BCUT2D eigenvalue weighted by atomic mass is 10.2. The second kappa shape index (κ2) is 5.44. The second-order valence-electron chi connectivity index (χ2n) is 3.76. The molecule has 0 atom stereocenters. The van der Waals surface area contributed by atoms with Crippen molar-refractivity contribution in [2.24, 2.45) is 0 Å². The molecule has 18 heavy (non-hydrogen) atoms. The van der Waals surface area contributed by atoms with E-state index in [2.05, 4.69) is 21.2 Å². The van der Waals surface area contributed by atoms with Gasteiger partial charge in [0.05, 0.1) is 5.69 Å². The third kappa shape index (κ3) is 3.26. The van der Waals surface area contributed by atoms with Gasteiger partial charge in [-0.1, -0.05) is 15.9 Å². The molecule has 0 unspecified atom stereocenters. The van der Waals surface area contributed by atoms with Gasteiger partial charge >= 0.3 is 0 Å². The van der Waals surface area contributed by atoms with Crippen molar-refractivity contribution in [3.63, 3.8) is 0 Å². The Balaban J connectivity index is 2.13. The highest BCUT2D eigenvalue weighted by Gasteiger charge is 2.04. The molecule has 0 saturated heterocycles. The first kappa shape index (κ1) is 13.0. The molecule has 0 fully saturated rings. The molecule has 0 aliphatic rings. The zero-order chi connectivity index (χ0) is 13.1. The number of benzene rings is 2. The molecule has 0 aliphatic heterocycles. The van der Waals surface area contributed by atoms with Crippen LogP contribution in [-0.2, 0) is 6.54 Å². The van der Waals surface area contributed by atoms with E-state index in [9.17, 15) is 13.2 Å². The van der Waals surface area contributed by atoms with Crippen molar-refractivity contribution >= 4 is 21.6 Å². The fraction of sp³-hybridized carbons (Fsp3) is 0.0769. The smallest absolute Gasteiger partial charge is 0.146 e. The van der Waals surface area contributed by atoms with Crippen molar-refractivity contribution < 1.29 is 13.2 Å². The first-order valence-corrected chi connectivity index (χ1v) is 5.98. The average Bonchev–Trinajstić information content (AvgIpc) is 2.29. The minimum Gasteiger partial charge on any atom is -0.379 e. The molecular formula is C13H9BrF3N. The van der Waals surface area contributed by atoms with E-state index in [-0.39, 0.29) is 18.0 Å². The third-order valence-electron chi connectivity index (χ3n) is 2.33. The van der Waals surface area contributed by atoms with E-state index in [4.69, 9.17) is 0 Å². The van der Waals surface area contributed by atoms with E-state index in [1.165, 1.54) is 12.1 Å².